The molecule has 0 radical (unpaired) electrons. The fourth-order valence-electron chi connectivity index (χ4n) is 1.47. The minimum Gasteiger partial charge on any atom is -0.395 e. The van der Waals surface area contributed by atoms with Crippen molar-refractivity contribution in [2.24, 2.45) is 5.92 Å². The monoisotopic (exact) mass is 279 g/mol. The Labute approximate surface area is 119 Å². The summed E-state index contributed by atoms with van der Waals surface area (Å²) in [6.45, 7) is 5.15. The second-order valence-corrected chi connectivity index (χ2v) is 5.93. The predicted octanol–water partition coefficient (Wildman–Crippen LogP) is 2.60. The van der Waals surface area contributed by atoms with E-state index in [4.69, 9.17) is 5.11 Å². The first-order valence-electron chi connectivity index (χ1n) is 6.49. The third-order valence-electron chi connectivity index (χ3n) is 2.65. The molecule has 1 rings (SSSR count). The van der Waals surface area contributed by atoms with Gasteiger partial charge in [-0.3, -0.25) is 4.79 Å². The normalized spacial score (nSPS) is 10.2. The fraction of sp³-hybridized carbons (Fsp3) is 0.533. The first-order chi connectivity index (χ1) is 9.04. The Morgan fingerprint density at radius 2 is 2.21 bits per heavy atom. The Morgan fingerprint density at radius 3 is 2.84 bits per heavy atom. The quantitative estimate of drug-likeness (QED) is 0.842. The van der Waals surface area contributed by atoms with E-state index in [1.165, 1.54) is 11.3 Å². The average Bonchev–Trinajstić information content (AvgIpc) is 2.84. The van der Waals surface area contributed by atoms with Crippen molar-refractivity contribution in [2.45, 2.75) is 26.7 Å². The van der Waals surface area contributed by atoms with E-state index < -0.39 is 0 Å². The molecule has 0 fully saturated rings. The molecule has 0 aromatic carbocycles. The summed E-state index contributed by atoms with van der Waals surface area (Å²) in [5.41, 5.74) is 0. The van der Waals surface area contributed by atoms with Gasteiger partial charge in [-0.25, -0.2) is 0 Å². The molecule has 1 aromatic rings. The second-order valence-electron chi connectivity index (χ2n) is 4.85. The SMILES string of the molecule is CC(C)CCN(C)C(=O)c1ccc(C#CCCO)s1. The van der Waals surface area contributed by atoms with Crippen LogP contribution in [0.4, 0.5) is 0 Å². The summed E-state index contributed by atoms with van der Waals surface area (Å²) in [5, 5.41) is 8.65. The van der Waals surface area contributed by atoms with Crippen LogP contribution >= 0.6 is 11.3 Å². The van der Waals surface area contributed by atoms with Crippen molar-refractivity contribution >= 4 is 17.2 Å². The molecule has 1 heterocycles. The molecule has 1 amide bonds. The van der Waals surface area contributed by atoms with Crippen molar-refractivity contribution in [3.05, 3.63) is 21.9 Å². The predicted molar refractivity (Wildman–Crippen MR) is 79.3 cm³/mol. The lowest BCUT2D eigenvalue weighted by molar-refractivity contribution is 0.0794. The van der Waals surface area contributed by atoms with Crippen molar-refractivity contribution in [1.29, 1.82) is 0 Å². The molecular formula is C15H21NO2S. The molecule has 1 N–H and O–H groups in total. The molecule has 0 aliphatic rings. The molecule has 0 atom stereocenters. The molecule has 1 aromatic heterocycles. The lowest BCUT2D eigenvalue weighted by atomic mass is 10.1. The molecule has 0 unspecified atom stereocenters. The fourth-order valence-corrected chi connectivity index (χ4v) is 2.34. The Bertz CT molecular complexity index is 468. The van der Waals surface area contributed by atoms with Crippen LogP contribution in [0.25, 0.3) is 0 Å². The molecule has 3 nitrogen and oxygen atoms in total. The Hall–Kier alpha value is -1.31. The van der Waals surface area contributed by atoms with Crippen LogP contribution in [-0.4, -0.2) is 36.1 Å². The Kier molecular flexibility index (Phi) is 6.61. The van der Waals surface area contributed by atoms with Gasteiger partial charge in [-0.05, 0) is 24.5 Å². The van der Waals surface area contributed by atoms with E-state index in [9.17, 15) is 4.79 Å². The molecule has 0 aliphatic carbocycles. The van der Waals surface area contributed by atoms with E-state index in [0.717, 1.165) is 22.7 Å². The summed E-state index contributed by atoms with van der Waals surface area (Å²) in [7, 11) is 1.83. The standard InChI is InChI=1S/C15H21NO2S/c1-12(2)9-10-16(3)15(18)14-8-7-13(19-14)6-4-5-11-17/h7-8,12,17H,5,9-11H2,1-3H3. The van der Waals surface area contributed by atoms with Gasteiger partial charge in [0.15, 0.2) is 0 Å². The molecule has 4 heteroatoms. The van der Waals surface area contributed by atoms with Crippen LogP contribution in [0.1, 0.15) is 41.2 Å². The summed E-state index contributed by atoms with van der Waals surface area (Å²) in [6, 6.07) is 3.68. The maximum atomic E-state index is 12.1. The van der Waals surface area contributed by atoms with Gasteiger partial charge in [-0.1, -0.05) is 25.7 Å². The first kappa shape index (κ1) is 15.7. The molecule has 0 bridgehead atoms. The highest BCUT2D eigenvalue weighted by Gasteiger charge is 2.13. The highest BCUT2D eigenvalue weighted by atomic mass is 32.1. The summed E-state index contributed by atoms with van der Waals surface area (Å²) in [4.78, 5) is 15.5. The van der Waals surface area contributed by atoms with Gasteiger partial charge in [-0.2, -0.15) is 0 Å². The number of carbonyl (C=O) groups excluding carboxylic acids is 1. The summed E-state index contributed by atoms with van der Waals surface area (Å²) < 4.78 is 0. The molecule has 0 saturated heterocycles. The van der Waals surface area contributed by atoms with Gasteiger partial charge >= 0.3 is 0 Å². The number of amides is 1. The minimum atomic E-state index is 0.0564. The van der Waals surface area contributed by atoms with Gasteiger partial charge in [0.2, 0.25) is 0 Å². The highest BCUT2D eigenvalue weighted by molar-refractivity contribution is 7.14. The van der Waals surface area contributed by atoms with E-state index in [1.807, 2.05) is 19.2 Å². The molecule has 19 heavy (non-hydrogen) atoms. The molecule has 0 saturated carbocycles. The average molecular weight is 279 g/mol. The van der Waals surface area contributed by atoms with Gasteiger partial charge in [0, 0.05) is 20.0 Å². The van der Waals surface area contributed by atoms with Crippen LogP contribution in [0.2, 0.25) is 0 Å². The van der Waals surface area contributed by atoms with Crippen LogP contribution in [0.15, 0.2) is 12.1 Å². The van der Waals surface area contributed by atoms with Gasteiger partial charge in [0.1, 0.15) is 0 Å². The van der Waals surface area contributed by atoms with Crippen molar-refractivity contribution in [1.82, 2.24) is 4.90 Å². The van der Waals surface area contributed by atoms with Crippen molar-refractivity contribution in [3.8, 4) is 11.8 Å². The van der Waals surface area contributed by atoms with Crippen molar-refractivity contribution in [2.75, 3.05) is 20.2 Å². The zero-order chi connectivity index (χ0) is 14.3. The Balaban J connectivity index is 2.60. The number of aliphatic hydroxyl groups is 1. The van der Waals surface area contributed by atoms with E-state index in [1.54, 1.807) is 4.90 Å². The van der Waals surface area contributed by atoms with E-state index in [2.05, 4.69) is 25.7 Å². The van der Waals surface area contributed by atoms with Gasteiger partial charge < -0.3 is 10.0 Å². The molecule has 104 valence electrons. The van der Waals surface area contributed by atoms with Crippen LogP contribution < -0.4 is 0 Å². The van der Waals surface area contributed by atoms with Crippen LogP contribution in [0.3, 0.4) is 0 Å². The van der Waals surface area contributed by atoms with Crippen molar-refractivity contribution in [3.63, 3.8) is 0 Å². The number of hydrogen-bond acceptors (Lipinski definition) is 3. The molecular weight excluding hydrogens is 258 g/mol. The van der Waals surface area contributed by atoms with Gasteiger partial charge in [0.25, 0.3) is 5.91 Å². The zero-order valence-electron chi connectivity index (χ0n) is 11.8. The third kappa shape index (κ3) is 5.46. The minimum absolute atomic E-state index is 0.0564. The highest BCUT2D eigenvalue weighted by Crippen LogP contribution is 2.17. The third-order valence-corrected chi connectivity index (χ3v) is 3.64. The van der Waals surface area contributed by atoms with Crippen LogP contribution in [0, 0.1) is 17.8 Å². The smallest absolute Gasteiger partial charge is 0.263 e. The van der Waals surface area contributed by atoms with Crippen LogP contribution in [-0.2, 0) is 0 Å². The summed E-state index contributed by atoms with van der Waals surface area (Å²) in [5.74, 6) is 6.46. The van der Waals surface area contributed by atoms with E-state index in [-0.39, 0.29) is 12.5 Å². The number of thiophene rings is 1. The Morgan fingerprint density at radius 1 is 1.47 bits per heavy atom. The zero-order valence-corrected chi connectivity index (χ0v) is 12.6. The second kappa shape index (κ2) is 7.98. The number of carbonyl (C=O) groups is 1. The lowest BCUT2D eigenvalue weighted by Crippen LogP contribution is -2.27. The topological polar surface area (TPSA) is 40.5 Å². The van der Waals surface area contributed by atoms with Gasteiger partial charge in [0.05, 0.1) is 16.4 Å². The largest absolute Gasteiger partial charge is 0.395 e. The number of rotatable bonds is 5. The maximum absolute atomic E-state index is 12.1. The first-order valence-corrected chi connectivity index (χ1v) is 7.31. The van der Waals surface area contributed by atoms with Gasteiger partial charge in [-0.15, -0.1) is 11.3 Å². The maximum Gasteiger partial charge on any atom is 0.263 e. The van der Waals surface area contributed by atoms with E-state index >= 15 is 0 Å². The number of nitrogens with zero attached hydrogens (tertiary/aromatic N) is 1. The van der Waals surface area contributed by atoms with Crippen LogP contribution in [0.5, 0.6) is 0 Å². The lowest BCUT2D eigenvalue weighted by Gasteiger charge is -2.17. The molecule has 0 spiro atoms. The van der Waals surface area contributed by atoms with Crippen molar-refractivity contribution < 1.29 is 9.90 Å². The summed E-state index contributed by atoms with van der Waals surface area (Å²) >= 11 is 1.41. The molecule has 0 aliphatic heterocycles. The van der Waals surface area contributed by atoms with E-state index in [0.29, 0.717) is 12.3 Å². The number of aliphatic hydroxyl groups excluding tert-OH is 1. The number of hydrogen-bond donors (Lipinski definition) is 1. The summed E-state index contributed by atoms with van der Waals surface area (Å²) in [6.07, 6.45) is 1.48.